The minimum absolute atomic E-state index is 0.619. The monoisotopic (exact) mass is 266 g/mol. The summed E-state index contributed by atoms with van der Waals surface area (Å²) in [6, 6.07) is 10.2. The highest BCUT2D eigenvalue weighted by atomic mass is 32.2. The third-order valence-electron chi connectivity index (χ3n) is 1.67. The highest BCUT2D eigenvalue weighted by molar-refractivity contribution is 7.98. The summed E-state index contributed by atoms with van der Waals surface area (Å²) in [6.45, 7) is 9.80. The lowest BCUT2D eigenvalue weighted by Gasteiger charge is -1.96. The van der Waals surface area contributed by atoms with Crippen molar-refractivity contribution in [2.45, 2.75) is 45.3 Å². The molecule has 0 amide bonds. The zero-order valence-corrected chi connectivity index (χ0v) is 12.6. The molecule has 0 unspecified atom stereocenters. The molecule has 0 saturated carbocycles. The van der Waals surface area contributed by atoms with Crippen LogP contribution in [0.2, 0.25) is 0 Å². The minimum atomic E-state index is 0.619. The van der Waals surface area contributed by atoms with Gasteiger partial charge in [-0.1, -0.05) is 45.9 Å². The van der Waals surface area contributed by atoms with Gasteiger partial charge in [0.25, 0.3) is 0 Å². The standard InChI is InChI=1S/C10H10N2OS.2C2H6/c1-8-11-12-10(13-8)7-14-9-5-3-2-4-6-9;2*1-2/h2-6H,7H2,1H3;2*1-2H3. The fraction of sp³-hybridized carbons (Fsp3) is 0.429. The molecular weight excluding hydrogens is 244 g/mol. The minimum Gasteiger partial charge on any atom is -0.425 e. The van der Waals surface area contributed by atoms with Crippen molar-refractivity contribution >= 4 is 11.8 Å². The van der Waals surface area contributed by atoms with Gasteiger partial charge in [-0.3, -0.25) is 0 Å². The lowest BCUT2D eigenvalue weighted by molar-refractivity contribution is 0.485. The summed E-state index contributed by atoms with van der Waals surface area (Å²) >= 11 is 1.69. The first-order chi connectivity index (χ1) is 8.84. The largest absolute Gasteiger partial charge is 0.425 e. The van der Waals surface area contributed by atoms with Gasteiger partial charge < -0.3 is 4.42 Å². The predicted molar refractivity (Wildman–Crippen MR) is 77.7 cm³/mol. The first-order valence-electron chi connectivity index (χ1n) is 6.31. The number of thioether (sulfide) groups is 1. The fourth-order valence-electron chi connectivity index (χ4n) is 1.06. The Morgan fingerprint density at radius 2 is 1.61 bits per heavy atom. The molecule has 1 aromatic heterocycles. The summed E-state index contributed by atoms with van der Waals surface area (Å²) in [5.41, 5.74) is 0. The van der Waals surface area contributed by atoms with Crippen LogP contribution in [0.15, 0.2) is 39.6 Å². The summed E-state index contributed by atoms with van der Waals surface area (Å²) in [5, 5.41) is 7.69. The first-order valence-corrected chi connectivity index (χ1v) is 7.30. The van der Waals surface area contributed by atoms with Gasteiger partial charge >= 0.3 is 0 Å². The molecule has 2 aromatic rings. The van der Waals surface area contributed by atoms with E-state index in [0.717, 1.165) is 5.75 Å². The van der Waals surface area contributed by atoms with Crippen LogP contribution in [0.3, 0.4) is 0 Å². The number of nitrogens with zero attached hydrogens (tertiary/aromatic N) is 2. The summed E-state index contributed by atoms with van der Waals surface area (Å²) in [5.74, 6) is 2.02. The number of benzene rings is 1. The second-order valence-corrected chi connectivity index (χ2v) is 3.87. The smallest absolute Gasteiger partial charge is 0.226 e. The quantitative estimate of drug-likeness (QED) is 0.753. The average Bonchev–Trinajstić information content (AvgIpc) is 2.88. The van der Waals surface area contributed by atoms with Gasteiger partial charge in [0, 0.05) is 11.8 Å². The molecule has 0 radical (unpaired) electrons. The van der Waals surface area contributed by atoms with E-state index in [2.05, 4.69) is 22.3 Å². The van der Waals surface area contributed by atoms with Crippen LogP contribution in [0.25, 0.3) is 0 Å². The van der Waals surface area contributed by atoms with Gasteiger partial charge in [-0.05, 0) is 12.1 Å². The molecule has 2 rings (SSSR count). The van der Waals surface area contributed by atoms with E-state index >= 15 is 0 Å². The van der Waals surface area contributed by atoms with Crippen LogP contribution in [-0.2, 0) is 5.75 Å². The molecule has 0 aliphatic rings. The Balaban J connectivity index is 0.000000659. The van der Waals surface area contributed by atoms with Crippen molar-refractivity contribution in [2.24, 2.45) is 0 Å². The van der Waals surface area contributed by atoms with Crippen LogP contribution < -0.4 is 0 Å². The van der Waals surface area contributed by atoms with Gasteiger partial charge in [0.05, 0.1) is 5.75 Å². The maximum atomic E-state index is 5.26. The average molecular weight is 266 g/mol. The number of hydrogen-bond donors (Lipinski definition) is 0. The Bertz CT molecular complexity index is 401. The molecular formula is C14H22N2OS. The zero-order valence-electron chi connectivity index (χ0n) is 11.8. The maximum absolute atomic E-state index is 5.26. The van der Waals surface area contributed by atoms with E-state index in [4.69, 9.17) is 4.42 Å². The maximum Gasteiger partial charge on any atom is 0.226 e. The summed E-state index contributed by atoms with van der Waals surface area (Å²) in [4.78, 5) is 1.21. The molecule has 18 heavy (non-hydrogen) atoms. The summed E-state index contributed by atoms with van der Waals surface area (Å²) < 4.78 is 5.26. The molecule has 1 heterocycles. The van der Waals surface area contributed by atoms with E-state index in [9.17, 15) is 0 Å². The topological polar surface area (TPSA) is 38.9 Å². The number of aromatic nitrogens is 2. The van der Waals surface area contributed by atoms with Crippen molar-refractivity contribution in [3.8, 4) is 0 Å². The van der Waals surface area contributed by atoms with Crippen molar-refractivity contribution < 1.29 is 4.42 Å². The molecule has 0 aliphatic carbocycles. The molecule has 0 aliphatic heterocycles. The number of rotatable bonds is 3. The van der Waals surface area contributed by atoms with Crippen molar-refractivity contribution in [1.82, 2.24) is 10.2 Å². The van der Waals surface area contributed by atoms with Crippen LogP contribution in [0.4, 0.5) is 0 Å². The molecule has 0 N–H and O–H groups in total. The van der Waals surface area contributed by atoms with E-state index in [1.54, 1.807) is 18.7 Å². The molecule has 0 fully saturated rings. The number of aryl methyl sites for hydroxylation is 1. The second-order valence-electron chi connectivity index (χ2n) is 2.82. The SMILES string of the molecule is CC.CC.Cc1nnc(CSc2ccccc2)o1. The molecule has 1 aromatic carbocycles. The van der Waals surface area contributed by atoms with Crippen LogP contribution >= 0.6 is 11.8 Å². The van der Waals surface area contributed by atoms with Crippen LogP contribution in [0.5, 0.6) is 0 Å². The van der Waals surface area contributed by atoms with Gasteiger partial charge in [0.2, 0.25) is 11.8 Å². The van der Waals surface area contributed by atoms with E-state index in [-0.39, 0.29) is 0 Å². The third kappa shape index (κ3) is 6.45. The van der Waals surface area contributed by atoms with Crippen molar-refractivity contribution in [3.63, 3.8) is 0 Å². The summed E-state index contributed by atoms with van der Waals surface area (Å²) in [7, 11) is 0. The molecule has 4 heteroatoms. The van der Waals surface area contributed by atoms with E-state index in [1.807, 2.05) is 45.9 Å². The summed E-state index contributed by atoms with van der Waals surface area (Å²) in [6.07, 6.45) is 0. The molecule has 0 saturated heterocycles. The van der Waals surface area contributed by atoms with Crippen molar-refractivity contribution in [2.75, 3.05) is 0 Å². The first kappa shape index (κ1) is 16.7. The highest BCUT2D eigenvalue weighted by Gasteiger charge is 2.02. The normalized spacial score (nSPS) is 8.72. The van der Waals surface area contributed by atoms with Gasteiger partial charge in [0.15, 0.2) is 0 Å². The van der Waals surface area contributed by atoms with Gasteiger partial charge in [-0.2, -0.15) is 0 Å². The highest BCUT2D eigenvalue weighted by Crippen LogP contribution is 2.21. The van der Waals surface area contributed by atoms with Gasteiger partial charge in [-0.25, -0.2) is 0 Å². The second kappa shape index (κ2) is 10.8. The van der Waals surface area contributed by atoms with Crippen LogP contribution in [-0.4, -0.2) is 10.2 Å². The van der Waals surface area contributed by atoms with Crippen LogP contribution in [0.1, 0.15) is 39.5 Å². The van der Waals surface area contributed by atoms with E-state index in [0.29, 0.717) is 11.8 Å². The predicted octanol–water partition coefficient (Wildman–Crippen LogP) is 4.72. The molecule has 0 bridgehead atoms. The Morgan fingerprint density at radius 1 is 1.00 bits per heavy atom. The lowest BCUT2D eigenvalue weighted by atomic mass is 10.4. The molecule has 100 valence electrons. The zero-order chi connectivity index (χ0) is 13.8. The fourth-order valence-corrected chi connectivity index (χ4v) is 1.81. The Kier molecular flexibility index (Phi) is 10.1. The van der Waals surface area contributed by atoms with E-state index < -0.39 is 0 Å². The third-order valence-corrected chi connectivity index (χ3v) is 2.67. The number of hydrogen-bond acceptors (Lipinski definition) is 4. The van der Waals surface area contributed by atoms with Crippen LogP contribution in [0, 0.1) is 6.92 Å². The van der Waals surface area contributed by atoms with Gasteiger partial charge in [-0.15, -0.1) is 22.0 Å². The van der Waals surface area contributed by atoms with E-state index in [1.165, 1.54) is 4.90 Å². The Hall–Kier alpha value is -1.29. The molecule has 0 spiro atoms. The molecule has 3 nitrogen and oxygen atoms in total. The lowest BCUT2D eigenvalue weighted by Crippen LogP contribution is -1.79. The molecule has 0 atom stereocenters. The van der Waals surface area contributed by atoms with Gasteiger partial charge in [0.1, 0.15) is 0 Å². The Morgan fingerprint density at radius 3 is 2.11 bits per heavy atom. The van der Waals surface area contributed by atoms with Crippen molar-refractivity contribution in [1.29, 1.82) is 0 Å². The van der Waals surface area contributed by atoms with Crippen molar-refractivity contribution in [3.05, 3.63) is 42.1 Å². The Labute approximate surface area is 114 Å².